The lowest BCUT2D eigenvalue weighted by Gasteiger charge is -2.13. The quantitative estimate of drug-likeness (QED) is 0.516. The van der Waals surface area contributed by atoms with E-state index in [9.17, 15) is 13.2 Å². The Balaban J connectivity index is 1.62. The first kappa shape index (κ1) is 22.4. The third-order valence-electron chi connectivity index (χ3n) is 4.65. The lowest BCUT2D eigenvalue weighted by molar-refractivity contribution is 0.0947. The van der Waals surface area contributed by atoms with Gasteiger partial charge in [-0.3, -0.25) is 9.52 Å². The van der Waals surface area contributed by atoms with Gasteiger partial charge < -0.3 is 10.1 Å². The highest BCUT2D eigenvalue weighted by Gasteiger charge is 2.16. The van der Waals surface area contributed by atoms with Crippen LogP contribution in [0.3, 0.4) is 0 Å². The summed E-state index contributed by atoms with van der Waals surface area (Å²) in [5.41, 5.74) is 3.67. The van der Waals surface area contributed by atoms with Crippen molar-refractivity contribution in [3.05, 3.63) is 89.0 Å². The van der Waals surface area contributed by atoms with E-state index in [1.54, 1.807) is 37.3 Å². The molecular weight excluding hydrogens is 412 g/mol. The van der Waals surface area contributed by atoms with Gasteiger partial charge in [-0.2, -0.15) is 0 Å². The molecule has 6 nitrogen and oxygen atoms in total. The Morgan fingerprint density at radius 1 is 0.903 bits per heavy atom. The first-order valence-electron chi connectivity index (χ1n) is 9.92. The maximum atomic E-state index is 12.6. The van der Waals surface area contributed by atoms with Crippen LogP contribution >= 0.6 is 0 Å². The maximum Gasteiger partial charge on any atom is 0.261 e. The summed E-state index contributed by atoms with van der Waals surface area (Å²) in [6.45, 7) is 6.44. The summed E-state index contributed by atoms with van der Waals surface area (Å²) in [4.78, 5) is 12.7. The number of anilines is 1. The van der Waals surface area contributed by atoms with Gasteiger partial charge in [0.05, 0.1) is 17.1 Å². The number of benzene rings is 3. The van der Waals surface area contributed by atoms with Crippen LogP contribution in [0.5, 0.6) is 5.75 Å². The van der Waals surface area contributed by atoms with Gasteiger partial charge >= 0.3 is 0 Å². The van der Waals surface area contributed by atoms with Crippen molar-refractivity contribution >= 4 is 21.6 Å². The topological polar surface area (TPSA) is 84.5 Å². The Kier molecular flexibility index (Phi) is 6.97. The summed E-state index contributed by atoms with van der Waals surface area (Å²) < 4.78 is 33.5. The number of hydrogen-bond acceptors (Lipinski definition) is 4. The zero-order chi connectivity index (χ0) is 22.4. The number of nitrogens with one attached hydrogen (secondary N) is 2. The first-order chi connectivity index (χ1) is 14.7. The second-order valence-electron chi connectivity index (χ2n) is 7.38. The smallest absolute Gasteiger partial charge is 0.261 e. The fraction of sp³-hybridized carbons (Fsp3) is 0.208. The predicted octanol–water partition coefficient (Wildman–Crippen LogP) is 4.22. The van der Waals surface area contributed by atoms with Gasteiger partial charge in [-0.25, -0.2) is 8.42 Å². The monoisotopic (exact) mass is 438 g/mol. The number of rotatable bonds is 8. The van der Waals surface area contributed by atoms with E-state index in [0.717, 1.165) is 16.9 Å². The average Bonchev–Trinajstić information content (AvgIpc) is 2.72. The van der Waals surface area contributed by atoms with Gasteiger partial charge in [-0.1, -0.05) is 30.3 Å². The number of amides is 1. The van der Waals surface area contributed by atoms with Gasteiger partial charge in [0.1, 0.15) is 12.4 Å². The number of hydrogen-bond donors (Lipinski definition) is 2. The molecule has 3 rings (SSSR count). The van der Waals surface area contributed by atoms with E-state index in [-0.39, 0.29) is 10.8 Å². The molecule has 0 aromatic heterocycles. The highest BCUT2D eigenvalue weighted by Crippen LogP contribution is 2.21. The molecular formula is C24H26N2O4S. The predicted molar refractivity (Wildman–Crippen MR) is 122 cm³/mol. The van der Waals surface area contributed by atoms with Crippen LogP contribution in [0.1, 0.15) is 27.0 Å². The SMILES string of the molecule is Cc1cc(C)cc(OCCNC(=O)c2ccc(C)c(NS(=O)(=O)c3ccccc3)c2)c1. The van der Waals surface area contributed by atoms with Crippen molar-refractivity contribution in [2.75, 3.05) is 17.9 Å². The van der Waals surface area contributed by atoms with Crippen LogP contribution in [-0.4, -0.2) is 27.5 Å². The Morgan fingerprint density at radius 3 is 2.26 bits per heavy atom. The fourth-order valence-corrected chi connectivity index (χ4v) is 4.27. The Bertz CT molecular complexity index is 1160. The van der Waals surface area contributed by atoms with Crippen LogP contribution in [0, 0.1) is 20.8 Å². The number of carbonyl (C=O) groups excluding carboxylic acids is 1. The van der Waals surface area contributed by atoms with E-state index in [0.29, 0.717) is 30.0 Å². The molecule has 0 atom stereocenters. The Morgan fingerprint density at radius 2 is 1.58 bits per heavy atom. The van der Waals surface area contributed by atoms with Crippen molar-refractivity contribution in [3.63, 3.8) is 0 Å². The summed E-state index contributed by atoms with van der Waals surface area (Å²) >= 11 is 0. The van der Waals surface area contributed by atoms with Gasteiger partial charge in [0, 0.05) is 5.56 Å². The summed E-state index contributed by atoms with van der Waals surface area (Å²) in [6.07, 6.45) is 0. The van der Waals surface area contributed by atoms with Gasteiger partial charge in [0.2, 0.25) is 0 Å². The van der Waals surface area contributed by atoms with Crippen molar-refractivity contribution in [3.8, 4) is 5.75 Å². The molecule has 2 N–H and O–H groups in total. The van der Waals surface area contributed by atoms with Crippen LogP contribution in [0.4, 0.5) is 5.69 Å². The van der Waals surface area contributed by atoms with Gasteiger partial charge in [-0.05, 0) is 73.9 Å². The van der Waals surface area contributed by atoms with Gasteiger partial charge in [0.15, 0.2) is 0 Å². The minimum atomic E-state index is -3.74. The van der Waals surface area contributed by atoms with Crippen molar-refractivity contribution < 1.29 is 17.9 Å². The summed E-state index contributed by atoms with van der Waals surface area (Å²) in [7, 11) is -3.74. The molecule has 0 radical (unpaired) electrons. The van der Waals surface area contributed by atoms with E-state index < -0.39 is 10.0 Å². The number of ether oxygens (including phenoxy) is 1. The summed E-state index contributed by atoms with van der Waals surface area (Å²) in [5, 5.41) is 2.80. The molecule has 0 aliphatic rings. The zero-order valence-electron chi connectivity index (χ0n) is 17.8. The average molecular weight is 439 g/mol. The molecule has 0 spiro atoms. The molecule has 0 bridgehead atoms. The molecule has 7 heteroatoms. The third-order valence-corrected chi connectivity index (χ3v) is 6.03. The summed E-state index contributed by atoms with van der Waals surface area (Å²) in [6, 6.07) is 19.0. The third kappa shape index (κ3) is 6.08. The van der Waals surface area contributed by atoms with Crippen molar-refractivity contribution in [2.24, 2.45) is 0 Å². The first-order valence-corrected chi connectivity index (χ1v) is 11.4. The lowest BCUT2D eigenvalue weighted by Crippen LogP contribution is -2.28. The van der Waals surface area contributed by atoms with Crippen molar-refractivity contribution in [2.45, 2.75) is 25.7 Å². The van der Waals surface area contributed by atoms with E-state index >= 15 is 0 Å². The van der Waals surface area contributed by atoms with E-state index in [1.807, 2.05) is 26.0 Å². The molecule has 3 aromatic rings. The molecule has 1 amide bonds. The minimum Gasteiger partial charge on any atom is -0.492 e. The van der Waals surface area contributed by atoms with Gasteiger partial charge in [0.25, 0.3) is 15.9 Å². The van der Waals surface area contributed by atoms with Crippen molar-refractivity contribution in [1.29, 1.82) is 0 Å². The molecule has 0 saturated heterocycles. The Hall–Kier alpha value is -3.32. The van der Waals surface area contributed by atoms with Crippen LogP contribution in [0.15, 0.2) is 71.6 Å². The van der Waals surface area contributed by atoms with Gasteiger partial charge in [-0.15, -0.1) is 0 Å². The van der Waals surface area contributed by atoms with Crippen LogP contribution in [-0.2, 0) is 10.0 Å². The maximum absolute atomic E-state index is 12.6. The van der Waals surface area contributed by atoms with E-state index in [2.05, 4.69) is 16.1 Å². The molecule has 0 aliphatic heterocycles. The molecule has 0 fully saturated rings. The molecule has 0 aliphatic carbocycles. The second-order valence-corrected chi connectivity index (χ2v) is 9.06. The number of carbonyl (C=O) groups is 1. The lowest BCUT2D eigenvalue weighted by atomic mass is 10.1. The molecule has 31 heavy (non-hydrogen) atoms. The van der Waals surface area contributed by atoms with E-state index in [1.165, 1.54) is 18.2 Å². The highest BCUT2D eigenvalue weighted by atomic mass is 32.2. The minimum absolute atomic E-state index is 0.160. The van der Waals surface area contributed by atoms with Crippen molar-refractivity contribution in [1.82, 2.24) is 5.32 Å². The normalized spacial score (nSPS) is 11.1. The fourth-order valence-electron chi connectivity index (χ4n) is 3.13. The van der Waals surface area contributed by atoms with Crippen LogP contribution in [0.25, 0.3) is 0 Å². The molecule has 162 valence electrons. The van der Waals surface area contributed by atoms with Crippen LogP contribution < -0.4 is 14.8 Å². The second kappa shape index (κ2) is 9.66. The molecule has 0 heterocycles. The molecule has 0 saturated carbocycles. The number of sulfonamides is 1. The number of aryl methyl sites for hydroxylation is 3. The Labute approximate surface area is 183 Å². The summed E-state index contributed by atoms with van der Waals surface area (Å²) in [5.74, 6) is 0.462. The largest absolute Gasteiger partial charge is 0.492 e. The van der Waals surface area contributed by atoms with Crippen LogP contribution in [0.2, 0.25) is 0 Å². The standard InChI is InChI=1S/C24H26N2O4S/c1-17-13-18(2)15-21(14-17)30-12-11-25-24(27)20-10-9-19(3)23(16-20)26-31(28,29)22-7-5-4-6-8-22/h4-10,13-16,26H,11-12H2,1-3H3,(H,25,27). The molecule has 0 unspecified atom stereocenters. The zero-order valence-corrected chi connectivity index (χ0v) is 18.6. The highest BCUT2D eigenvalue weighted by molar-refractivity contribution is 7.92. The van der Waals surface area contributed by atoms with E-state index in [4.69, 9.17) is 4.74 Å². The molecule has 3 aromatic carbocycles.